The molecule has 154 valence electrons. The maximum Gasteiger partial charge on any atom is 0.256 e. The van der Waals surface area contributed by atoms with Gasteiger partial charge in [-0.05, 0) is 35.1 Å². The van der Waals surface area contributed by atoms with Crippen LogP contribution >= 0.6 is 0 Å². The van der Waals surface area contributed by atoms with Crippen molar-refractivity contribution in [2.24, 2.45) is 0 Å². The number of carbonyl (C=O) groups is 1. The van der Waals surface area contributed by atoms with Crippen molar-refractivity contribution >= 4 is 11.5 Å². The van der Waals surface area contributed by atoms with E-state index in [1.54, 1.807) is 6.07 Å². The molecule has 1 saturated heterocycles. The Labute approximate surface area is 175 Å². The van der Waals surface area contributed by atoms with Crippen molar-refractivity contribution < 1.29 is 9.32 Å². The van der Waals surface area contributed by atoms with Gasteiger partial charge in [0.25, 0.3) is 5.56 Å². The van der Waals surface area contributed by atoms with Gasteiger partial charge >= 0.3 is 0 Å². The van der Waals surface area contributed by atoms with Gasteiger partial charge in [-0.2, -0.15) is 0 Å². The van der Waals surface area contributed by atoms with E-state index in [0.717, 1.165) is 17.6 Å². The Morgan fingerprint density at radius 3 is 2.47 bits per heavy atom. The van der Waals surface area contributed by atoms with Crippen LogP contribution in [-0.4, -0.2) is 22.1 Å². The lowest BCUT2D eigenvalue weighted by Crippen LogP contribution is -2.23. The van der Waals surface area contributed by atoms with Crippen molar-refractivity contribution in [3.05, 3.63) is 82.1 Å². The number of hydrogen-bond acceptors (Lipinski definition) is 4. The number of benzene rings is 1. The minimum atomic E-state index is -0.219. The fourth-order valence-electron chi connectivity index (χ4n) is 3.65. The molecule has 1 fully saturated rings. The van der Waals surface area contributed by atoms with Crippen molar-refractivity contribution in [1.29, 1.82) is 0 Å². The van der Waals surface area contributed by atoms with Crippen LogP contribution in [0.25, 0.3) is 16.7 Å². The third-order valence-electron chi connectivity index (χ3n) is 5.40. The average molecular weight is 403 g/mol. The lowest BCUT2D eigenvalue weighted by molar-refractivity contribution is -0.119. The summed E-state index contributed by atoms with van der Waals surface area (Å²) in [5, 5.41) is 6.65. The standard InChI is InChI=1S/C24H25N3O3/c1-24(2,3)17-6-4-15(5-7-17)20(12-18-8-11-22(28)26-18)21-10-9-19(23(29)27-21)16-13-25-30-14-16/h4-7,9-10,12-14,18H,8,11H2,1-3H3,(H,26,28)(H,27,29)/b20-12-/t18-/m1/s1. The van der Waals surface area contributed by atoms with E-state index in [-0.39, 0.29) is 22.9 Å². The van der Waals surface area contributed by atoms with Crippen molar-refractivity contribution in [1.82, 2.24) is 15.5 Å². The number of pyridine rings is 1. The fraction of sp³-hybridized carbons (Fsp3) is 0.292. The maximum atomic E-state index is 12.7. The van der Waals surface area contributed by atoms with Gasteiger partial charge in [-0.3, -0.25) is 9.59 Å². The minimum absolute atomic E-state index is 0.0509. The summed E-state index contributed by atoms with van der Waals surface area (Å²) in [5.74, 6) is 0.0509. The quantitative estimate of drug-likeness (QED) is 0.688. The third-order valence-corrected chi connectivity index (χ3v) is 5.40. The van der Waals surface area contributed by atoms with Gasteiger partial charge in [0, 0.05) is 29.3 Å². The molecule has 0 saturated carbocycles. The summed E-state index contributed by atoms with van der Waals surface area (Å²) in [6.45, 7) is 6.52. The molecule has 2 N–H and O–H groups in total. The molecule has 3 heterocycles. The molecule has 1 amide bonds. The average Bonchev–Trinajstić information content (AvgIpc) is 3.37. The molecule has 0 spiro atoms. The summed E-state index contributed by atoms with van der Waals surface area (Å²) in [6.07, 6.45) is 6.24. The first-order valence-corrected chi connectivity index (χ1v) is 10.1. The predicted molar refractivity (Wildman–Crippen MR) is 116 cm³/mol. The van der Waals surface area contributed by atoms with Crippen LogP contribution in [0.15, 0.2) is 64.3 Å². The summed E-state index contributed by atoms with van der Waals surface area (Å²) in [7, 11) is 0. The van der Waals surface area contributed by atoms with Crippen LogP contribution in [0.4, 0.5) is 0 Å². The molecule has 6 nitrogen and oxygen atoms in total. The highest BCUT2D eigenvalue weighted by Gasteiger charge is 2.21. The number of aromatic amines is 1. The number of aromatic nitrogens is 2. The Morgan fingerprint density at radius 2 is 1.90 bits per heavy atom. The summed E-state index contributed by atoms with van der Waals surface area (Å²) < 4.78 is 4.85. The molecule has 0 bridgehead atoms. The van der Waals surface area contributed by atoms with Gasteiger partial charge in [0.2, 0.25) is 5.91 Å². The zero-order valence-corrected chi connectivity index (χ0v) is 17.4. The first-order chi connectivity index (χ1) is 14.3. The monoisotopic (exact) mass is 403 g/mol. The minimum Gasteiger partial charge on any atom is -0.364 e. The van der Waals surface area contributed by atoms with Crippen LogP contribution in [0.3, 0.4) is 0 Å². The molecule has 0 radical (unpaired) electrons. The second-order valence-electron chi connectivity index (χ2n) is 8.65. The molecular formula is C24H25N3O3. The van der Waals surface area contributed by atoms with E-state index in [1.807, 2.05) is 12.1 Å². The first kappa shape index (κ1) is 19.9. The van der Waals surface area contributed by atoms with E-state index in [2.05, 4.69) is 60.5 Å². The second-order valence-corrected chi connectivity index (χ2v) is 8.65. The van der Waals surface area contributed by atoms with Gasteiger partial charge in [-0.1, -0.05) is 56.3 Å². The molecule has 3 aromatic rings. The van der Waals surface area contributed by atoms with Crippen LogP contribution in [0.5, 0.6) is 0 Å². The van der Waals surface area contributed by atoms with E-state index in [1.165, 1.54) is 18.0 Å². The largest absolute Gasteiger partial charge is 0.364 e. The molecule has 1 aliphatic rings. The van der Waals surface area contributed by atoms with Crippen LogP contribution in [0.1, 0.15) is 50.4 Å². The van der Waals surface area contributed by atoms with Crippen LogP contribution in [0, 0.1) is 0 Å². The van der Waals surface area contributed by atoms with E-state index < -0.39 is 0 Å². The normalized spacial score (nSPS) is 17.2. The van der Waals surface area contributed by atoms with Crippen molar-refractivity contribution in [3.8, 4) is 11.1 Å². The van der Waals surface area contributed by atoms with Crippen LogP contribution in [0.2, 0.25) is 0 Å². The number of rotatable bonds is 4. The summed E-state index contributed by atoms with van der Waals surface area (Å²) in [6, 6.07) is 11.9. The Balaban J connectivity index is 1.76. The molecular weight excluding hydrogens is 378 g/mol. The lowest BCUT2D eigenvalue weighted by atomic mass is 9.86. The van der Waals surface area contributed by atoms with Gasteiger partial charge in [-0.25, -0.2) is 0 Å². The highest BCUT2D eigenvalue weighted by molar-refractivity contribution is 5.82. The summed E-state index contributed by atoms with van der Waals surface area (Å²) >= 11 is 0. The van der Waals surface area contributed by atoms with E-state index in [0.29, 0.717) is 23.2 Å². The number of carbonyl (C=O) groups excluding carboxylic acids is 1. The topological polar surface area (TPSA) is 88.0 Å². The molecule has 2 aromatic heterocycles. The van der Waals surface area contributed by atoms with E-state index in [9.17, 15) is 9.59 Å². The molecule has 1 aliphatic heterocycles. The summed E-state index contributed by atoms with van der Waals surface area (Å²) in [4.78, 5) is 27.4. The molecule has 4 rings (SSSR count). The van der Waals surface area contributed by atoms with Gasteiger partial charge in [-0.15, -0.1) is 0 Å². The van der Waals surface area contributed by atoms with Crippen molar-refractivity contribution in [2.75, 3.05) is 0 Å². The zero-order chi connectivity index (χ0) is 21.3. The zero-order valence-electron chi connectivity index (χ0n) is 17.4. The van der Waals surface area contributed by atoms with Gasteiger partial charge in [0.05, 0.1) is 11.8 Å². The Morgan fingerprint density at radius 1 is 1.13 bits per heavy atom. The Bertz CT molecular complexity index is 1130. The molecule has 1 aromatic carbocycles. The summed E-state index contributed by atoms with van der Waals surface area (Å²) in [5.41, 5.74) is 4.76. The SMILES string of the molecule is CC(C)(C)c1ccc(/C(=C/[C@H]2CCC(=O)N2)c2ccc(-c3cnoc3)c(=O)[nH]2)cc1. The Kier molecular flexibility index (Phi) is 5.16. The molecule has 30 heavy (non-hydrogen) atoms. The number of amides is 1. The van der Waals surface area contributed by atoms with Crippen molar-refractivity contribution in [2.45, 2.75) is 45.1 Å². The maximum absolute atomic E-state index is 12.7. The van der Waals surface area contributed by atoms with Gasteiger partial charge < -0.3 is 14.8 Å². The van der Waals surface area contributed by atoms with Crippen molar-refractivity contribution in [3.63, 3.8) is 0 Å². The van der Waals surface area contributed by atoms with Gasteiger partial charge in [0.15, 0.2) is 0 Å². The molecule has 1 atom stereocenters. The number of hydrogen-bond donors (Lipinski definition) is 2. The van der Waals surface area contributed by atoms with Crippen LogP contribution < -0.4 is 10.9 Å². The molecule has 0 unspecified atom stereocenters. The lowest BCUT2D eigenvalue weighted by Gasteiger charge is -2.20. The number of H-pyrrole nitrogens is 1. The van der Waals surface area contributed by atoms with Gasteiger partial charge in [0.1, 0.15) is 6.26 Å². The van der Waals surface area contributed by atoms with E-state index >= 15 is 0 Å². The van der Waals surface area contributed by atoms with Crippen LogP contribution in [-0.2, 0) is 10.2 Å². The second kappa shape index (κ2) is 7.78. The number of nitrogens with zero attached hydrogens (tertiary/aromatic N) is 1. The third kappa shape index (κ3) is 4.13. The predicted octanol–water partition coefficient (Wildman–Crippen LogP) is 4.04. The highest BCUT2D eigenvalue weighted by atomic mass is 16.5. The smallest absolute Gasteiger partial charge is 0.256 e. The fourth-order valence-corrected chi connectivity index (χ4v) is 3.65. The van der Waals surface area contributed by atoms with E-state index in [4.69, 9.17) is 4.52 Å². The first-order valence-electron chi connectivity index (χ1n) is 10.1. The molecule has 0 aliphatic carbocycles. The molecule has 6 heteroatoms. The number of nitrogens with one attached hydrogen (secondary N) is 2. The Hall–Kier alpha value is -3.41. The highest BCUT2D eigenvalue weighted by Crippen LogP contribution is 2.28.